The van der Waals surface area contributed by atoms with Crippen LogP contribution in [0.3, 0.4) is 0 Å². The summed E-state index contributed by atoms with van der Waals surface area (Å²) in [6, 6.07) is -0.431. The summed E-state index contributed by atoms with van der Waals surface area (Å²) in [5.74, 6) is 0.119. The van der Waals surface area contributed by atoms with Crippen molar-refractivity contribution in [2.75, 3.05) is 7.05 Å². The molecule has 0 aliphatic carbocycles. The van der Waals surface area contributed by atoms with E-state index in [2.05, 4.69) is 31.4 Å². The van der Waals surface area contributed by atoms with Gasteiger partial charge >= 0.3 is 0 Å². The highest BCUT2D eigenvalue weighted by Gasteiger charge is 2.25. The standard InChI is InChI=1S/C15H30N2O2/c1-10(2)8-12(14(19)16-7)17-13(18)11(3)9-15(4,5)6/h10-12H,8-9H2,1-7H3,(H,16,19)(H,17,18)/t11?,12-/m0/s1. The van der Waals surface area contributed by atoms with Gasteiger partial charge in [-0.25, -0.2) is 0 Å². The van der Waals surface area contributed by atoms with Gasteiger partial charge in [0.2, 0.25) is 11.8 Å². The average Bonchev–Trinajstić information content (AvgIpc) is 2.23. The molecule has 0 aromatic heterocycles. The quantitative estimate of drug-likeness (QED) is 0.778. The summed E-state index contributed by atoms with van der Waals surface area (Å²) in [4.78, 5) is 23.9. The summed E-state index contributed by atoms with van der Waals surface area (Å²) in [7, 11) is 1.60. The van der Waals surface area contributed by atoms with Crippen molar-refractivity contribution in [1.29, 1.82) is 0 Å². The predicted octanol–water partition coefficient (Wildman–Crippen LogP) is 2.34. The Hall–Kier alpha value is -1.06. The van der Waals surface area contributed by atoms with E-state index in [4.69, 9.17) is 0 Å². The van der Waals surface area contributed by atoms with Gasteiger partial charge in [-0.2, -0.15) is 0 Å². The van der Waals surface area contributed by atoms with E-state index in [0.717, 1.165) is 6.42 Å². The molecule has 0 spiro atoms. The molecule has 2 atom stereocenters. The molecule has 2 N–H and O–H groups in total. The highest BCUT2D eigenvalue weighted by molar-refractivity contribution is 5.88. The first-order chi connectivity index (χ1) is 8.56. The third-order valence-corrected chi connectivity index (χ3v) is 2.95. The lowest BCUT2D eigenvalue weighted by molar-refractivity contribution is -0.131. The minimum absolute atomic E-state index is 0.0378. The molecule has 19 heavy (non-hydrogen) atoms. The second-order valence-electron chi connectivity index (χ2n) is 6.97. The van der Waals surface area contributed by atoms with Crippen LogP contribution < -0.4 is 10.6 Å². The van der Waals surface area contributed by atoms with Crippen LogP contribution in [0, 0.1) is 17.3 Å². The van der Waals surface area contributed by atoms with Gasteiger partial charge in [-0.05, 0) is 24.2 Å². The molecule has 0 aromatic rings. The van der Waals surface area contributed by atoms with Crippen LogP contribution in [-0.2, 0) is 9.59 Å². The van der Waals surface area contributed by atoms with Gasteiger partial charge in [0, 0.05) is 13.0 Å². The Morgan fingerprint density at radius 1 is 1.05 bits per heavy atom. The smallest absolute Gasteiger partial charge is 0.242 e. The fourth-order valence-corrected chi connectivity index (χ4v) is 2.20. The van der Waals surface area contributed by atoms with E-state index in [1.54, 1.807) is 7.05 Å². The molecule has 2 amide bonds. The molecule has 0 heterocycles. The summed E-state index contributed by atoms with van der Waals surface area (Å²) in [5, 5.41) is 5.48. The zero-order valence-electron chi connectivity index (χ0n) is 13.5. The maximum atomic E-state index is 12.1. The molecule has 0 saturated heterocycles. The van der Waals surface area contributed by atoms with Crippen molar-refractivity contribution in [1.82, 2.24) is 10.6 Å². The van der Waals surface area contributed by atoms with E-state index in [1.807, 2.05) is 20.8 Å². The van der Waals surface area contributed by atoms with E-state index in [1.165, 1.54) is 0 Å². The van der Waals surface area contributed by atoms with E-state index in [9.17, 15) is 9.59 Å². The number of carbonyl (C=O) groups excluding carboxylic acids is 2. The molecule has 0 saturated carbocycles. The number of rotatable bonds is 6. The SMILES string of the molecule is CNC(=O)[C@H](CC(C)C)NC(=O)C(C)CC(C)(C)C. The Bertz CT molecular complexity index is 306. The second-order valence-corrected chi connectivity index (χ2v) is 6.97. The summed E-state index contributed by atoms with van der Waals surface area (Å²) < 4.78 is 0. The molecule has 0 fully saturated rings. The fraction of sp³-hybridized carbons (Fsp3) is 0.867. The Morgan fingerprint density at radius 2 is 1.58 bits per heavy atom. The Morgan fingerprint density at radius 3 is 1.95 bits per heavy atom. The second kappa shape index (κ2) is 7.51. The summed E-state index contributed by atoms with van der Waals surface area (Å²) in [5.41, 5.74) is 0.108. The minimum Gasteiger partial charge on any atom is -0.357 e. The molecule has 4 heteroatoms. The zero-order chi connectivity index (χ0) is 15.2. The molecule has 0 aromatic carbocycles. The predicted molar refractivity (Wildman–Crippen MR) is 78.7 cm³/mol. The van der Waals surface area contributed by atoms with Crippen LogP contribution in [0.15, 0.2) is 0 Å². The van der Waals surface area contributed by atoms with E-state index in [-0.39, 0.29) is 23.1 Å². The topological polar surface area (TPSA) is 58.2 Å². The maximum absolute atomic E-state index is 12.1. The molecule has 0 aliphatic heterocycles. The molecular formula is C15H30N2O2. The molecule has 1 unspecified atom stereocenters. The van der Waals surface area contributed by atoms with Gasteiger partial charge in [-0.15, -0.1) is 0 Å². The highest BCUT2D eigenvalue weighted by atomic mass is 16.2. The van der Waals surface area contributed by atoms with Gasteiger partial charge in [0.1, 0.15) is 6.04 Å². The number of amides is 2. The van der Waals surface area contributed by atoms with Gasteiger partial charge in [-0.3, -0.25) is 9.59 Å². The Balaban J connectivity index is 4.58. The van der Waals surface area contributed by atoms with Gasteiger partial charge in [0.25, 0.3) is 0 Å². The van der Waals surface area contributed by atoms with Crippen LogP contribution in [0.4, 0.5) is 0 Å². The highest BCUT2D eigenvalue weighted by Crippen LogP contribution is 2.24. The number of likely N-dealkylation sites (N-methyl/N-ethyl adjacent to an activating group) is 1. The summed E-state index contributed by atoms with van der Waals surface area (Å²) in [6.07, 6.45) is 1.47. The average molecular weight is 270 g/mol. The molecule has 0 aliphatic rings. The molecular weight excluding hydrogens is 240 g/mol. The molecule has 0 rings (SSSR count). The van der Waals surface area contributed by atoms with Crippen LogP contribution in [0.25, 0.3) is 0 Å². The van der Waals surface area contributed by atoms with Crippen LogP contribution in [0.5, 0.6) is 0 Å². The lowest BCUT2D eigenvalue weighted by Crippen LogP contribution is -2.48. The van der Waals surface area contributed by atoms with Crippen LogP contribution in [0.2, 0.25) is 0 Å². The molecule has 112 valence electrons. The molecule has 4 nitrogen and oxygen atoms in total. The number of carbonyl (C=O) groups is 2. The molecule has 0 bridgehead atoms. The zero-order valence-corrected chi connectivity index (χ0v) is 13.5. The number of nitrogens with one attached hydrogen (secondary N) is 2. The first kappa shape index (κ1) is 17.9. The fourth-order valence-electron chi connectivity index (χ4n) is 2.20. The first-order valence-electron chi connectivity index (χ1n) is 7.08. The van der Waals surface area contributed by atoms with Crippen molar-refractivity contribution in [2.24, 2.45) is 17.3 Å². The first-order valence-corrected chi connectivity index (χ1v) is 7.08. The van der Waals surface area contributed by atoms with Crippen LogP contribution in [-0.4, -0.2) is 24.9 Å². The van der Waals surface area contributed by atoms with E-state index < -0.39 is 6.04 Å². The summed E-state index contributed by atoms with van der Waals surface area (Å²) in [6.45, 7) is 12.3. The van der Waals surface area contributed by atoms with Crippen molar-refractivity contribution in [3.8, 4) is 0 Å². The van der Waals surface area contributed by atoms with Gasteiger partial charge in [0.15, 0.2) is 0 Å². The Kier molecular flexibility index (Phi) is 7.09. The number of hydrogen-bond donors (Lipinski definition) is 2. The Labute approximate surface area is 117 Å². The van der Waals surface area contributed by atoms with Gasteiger partial charge in [-0.1, -0.05) is 41.5 Å². The maximum Gasteiger partial charge on any atom is 0.242 e. The summed E-state index contributed by atoms with van der Waals surface area (Å²) >= 11 is 0. The van der Waals surface area contributed by atoms with E-state index in [0.29, 0.717) is 12.3 Å². The molecule has 0 radical (unpaired) electrons. The lowest BCUT2D eigenvalue weighted by atomic mass is 9.85. The monoisotopic (exact) mass is 270 g/mol. The van der Waals surface area contributed by atoms with Crippen molar-refractivity contribution in [3.05, 3.63) is 0 Å². The van der Waals surface area contributed by atoms with Gasteiger partial charge < -0.3 is 10.6 Å². The van der Waals surface area contributed by atoms with Crippen molar-refractivity contribution < 1.29 is 9.59 Å². The van der Waals surface area contributed by atoms with Crippen LogP contribution in [0.1, 0.15) is 54.4 Å². The third-order valence-electron chi connectivity index (χ3n) is 2.95. The number of hydrogen-bond acceptors (Lipinski definition) is 2. The lowest BCUT2D eigenvalue weighted by Gasteiger charge is -2.25. The van der Waals surface area contributed by atoms with Crippen LogP contribution >= 0.6 is 0 Å². The van der Waals surface area contributed by atoms with Crippen molar-refractivity contribution in [3.63, 3.8) is 0 Å². The normalized spacial score (nSPS) is 14.9. The van der Waals surface area contributed by atoms with Crippen molar-refractivity contribution >= 4 is 11.8 Å². The minimum atomic E-state index is -0.431. The third kappa shape index (κ3) is 7.85. The largest absolute Gasteiger partial charge is 0.357 e. The van der Waals surface area contributed by atoms with Crippen molar-refractivity contribution in [2.45, 2.75) is 60.4 Å². The van der Waals surface area contributed by atoms with E-state index >= 15 is 0 Å². The van der Waals surface area contributed by atoms with Gasteiger partial charge in [0.05, 0.1) is 0 Å².